The van der Waals surface area contributed by atoms with Crippen molar-refractivity contribution >= 4 is 35.3 Å². The van der Waals surface area contributed by atoms with E-state index in [2.05, 4.69) is 10.6 Å². The van der Waals surface area contributed by atoms with Gasteiger partial charge in [-0.25, -0.2) is 18.8 Å². The first-order valence-electron chi connectivity index (χ1n) is 8.54. The van der Waals surface area contributed by atoms with Gasteiger partial charge in [-0.15, -0.1) is 0 Å². The highest BCUT2D eigenvalue weighted by Crippen LogP contribution is 2.26. The van der Waals surface area contributed by atoms with Crippen LogP contribution in [0.1, 0.15) is 37.6 Å². The molecule has 8 nitrogen and oxygen atoms in total. The summed E-state index contributed by atoms with van der Waals surface area (Å²) < 4.78 is 29.3. The lowest BCUT2D eigenvalue weighted by molar-refractivity contribution is -0.138. The van der Waals surface area contributed by atoms with Crippen LogP contribution >= 0.6 is 11.6 Å². The van der Waals surface area contributed by atoms with Gasteiger partial charge in [0.25, 0.3) is 0 Å². The van der Waals surface area contributed by atoms with Crippen molar-refractivity contribution in [3.8, 4) is 0 Å². The highest BCUT2D eigenvalue weighted by atomic mass is 35.5. The third-order valence-corrected chi connectivity index (χ3v) is 3.80. The molecule has 2 rings (SSSR count). The van der Waals surface area contributed by atoms with Crippen LogP contribution in [0.3, 0.4) is 0 Å². The molecule has 10 heteroatoms. The summed E-state index contributed by atoms with van der Waals surface area (Å²) >= 11 is 5.89. The molecule has 0 unspecified atom stereocenters. The first kappa shape index (κ1) is 21.5. The van der Waals surface area contributed by atoms with Gasteiger partial charge in [-0.2, -0.15) is 0 Å². The van der Waals surface area contributed by atoms with Gasteiger partial charge in [-0.3, -0.25) is 5.32 Å². The second-order valence-electron chi connectivity index (χ2n) is 5.97. The van der Waals surface area contributed by atoms with E-state index in [0.29, 0.717) is 0 Å². The number of anilines is 1. The fraction of sp³-hybridized carbons (Fsp3) is 0.389. The monoisotopic (exact) mass is 414 g/mol. The predicted octanol–water partition coefficient (Wildman–Crippen LogP) is 3.36. The maximum atomic E-state index is 14.1. The van der Waals surface area contributed by atoms with Crippen molar-refractivity contribution in [1.82, 2.24) is 5.32 Å². The zero-order chi connectivity index (χ0) is 20.8. The van der Waals surface area contributed by atoms with Crippen LogP contribution in [-0.4, -0.2) is 37.3 Å². The van der Waals surface area contributed by atoms with Crippen LogP contribution in [0.25, 0.3) is 0 Å². The lowest BCUT2D eigenvalue weighted by Gasteiger charge is -2.13. The molecule has 0 atom stereocenters. The molecule has 0 aliphatic carbocycles. The van der Waals surface area contributed by atoms with Crippen molar-refractivity contribution in [2.75, 3.05) is 18.5 Å². The van der Waals surface area contributed by atoms with Gasteiger partial charge in [-0.05, 0) is 32.9 Å². The number of rotatable bonds is 6. The first-order chi connectivity index (χ1) is 13.2. The smallest absolute Gasteiger partial charge is 0.339 e. The number of carbonyl (C=O) groups excluding carboxylic acids is 3. The van der Waals surface area contributed by atoms with Crippen LogP contribution in [0.4, 0.5) is 14.9 Å². The number of urea groups is 1. The fourth-order valence-electron chi connectivity index (χ4n) is 2.32. The van der Waals surface area contributed by atoms with E-state index in [1.807, 2.05) is 0 Å². The molecule has 152 valence electrons. The number of hydrogen-bond acceptors (Lipinski definition) is 6. The van der Waals surface area contributed by atoms with Crippen molar-refractivity contribution in [2.24, 2.45) is 0 Å². The fourth-order valence-corrected chi connectivity index (χ4v) is 2.54. The molecule has 28 heavy (non-hydrogen) atoms. The molecule has 0 radical (unpaired) electrons. The van der Waals surface area contributed by atoms with E-state index >= 15 is 0 Å². The van der Waals surface area contributed by atoms with Gasteiger partial charge < -0.3 is 19.5 Å². The van der Waals surface area contributed by atoms with Gasteiger partial charge in [0.1, 0.15) is 11.4 Å². The molecule has 1 aliphatic heterocycles. The normalized spacial score (nSPS) is 13.2. The zero-order valence-electron chi connectivity index (χ0n) is 15.6. The number of hydrogen-bond donors (Lipinski definition) is 2. The minimum absolute atomic E-state index is 0.0650. The van der Waals surface area contributed by atoms with Crippen LogP contribution in [0.15, 0.2) is 23.6 Å². The Kier molecular flexibility index (Phi) is 7.22. The summed E-state index contributed by atoms with van der Waals surface area (Å²) in [5.74, 6) is -2.28. The molecule has 0 saturated heterocycles. The molecule has 1 heterocycles. The Labute approximate surface area is 166 Å². The first-order valence-corrected chi connectivity index (χ1v) is 8.91. The van der Waals surface area contributed by atoms with Gasteiger partial charge in [0.05, 0.1) is 35.6 Å². The maximum Gasteiger partial charge on any atom is 0.339 e. The quantitative estimate of drug-likeness (QED) is 0.692. The number of carbonyl (C=O) groups is 3. The van der Waals surface area contributed by atoms with E-state index in [4.69, 9.17) is 25.8 Å². The van der Waals surface area contributed by atoms with E-state index in [0.717, 1.165) is 12.1 Å². The highest BCUT2D eigenvalue weighted by Gasteiger charge is 2.26. The van der Waals surface area contributed by atoms with Gasteiger partial charge in [0.15, 0.2) is 0 Å². The third kappa shape index (κ3) is 5.35. The van der Waals surface area contributed by atoms with E-state index < -0.39 is 29.9 Å². The van der Waals surface area contributed by atoms with E-state index in [-0.39, 0.29) is 47.4 Å². The summed E-state index contributed by atoms with van der Waals surface area (Å²) in [5.41, 5.74) is -0.223. The van der Waals surface area contributed by atoms with Gasteiger partial charge in [0, 0.05) is 6.42 Å². The van der Waals surface area contributed by atoms with Crippen molar-refractivity contribution in [1.29, 1.82) is 0 Å². The Bertz CT molecular complexity index is 825. The predicted molar refractivity (Wildman–Crippen MR) is 98.3 cm³/mol. The van der Waals surface area contributed by atoms with Crippen molar-refractivity contribution < 1.29 is 33.0 Å². The molecule has 1 aromatic carbocycles. The molecule has 0 spiro atoms. The second-order valence-corrected chi connectivity index (χ2v) is 6.38. The van der Waals surface area contributed by atoms with Gasteiger partial charge in [-0.1, -0.05) is 11.6 Å². The van der Waals surface area contributed by atoms with Crippen molar-refractivity contribution in [3.63, 3.8) is 0 Å². The lowest BCUT2D eigenvalue weighted by Crippen LogP contribution is -2.30. The number of nitrogens with one attached hydrogen (secondary N) is 2. The topological polar surface area (TPSA) is 103 Å². The third-order valence-electron chi connectivity index (χ3n) is 3.49. The number of halogens is 2. The Morgan fingerprint density at radius 1 is 1.25 bits per heavy atom. The number of esters is 2. The van der Waals surface area contributed by atoms with E-state index in [1.165, 1.54) is 0 Å². The largest absolute Gasteiger partial charge is 0.478 e. The number of amides is 2. The second kappa shape index (κ2) is 9.41. The average molecular weight is 415 g/mol. The molecule has 2 N–H and O–H groups in total. The summed E-state index contributed by atoms with van der Waals surface area (Å²) in [6.07, 6.45) is -0.129. The zero-order valence-corrected chi connectivity index (χ0v) is 16.3. The molecular formula is C18H20ClFN2O6. The minimum Gasteiger partial charge on any atom is -0.478 e. The Hall–Kier alpha value is -2.81. The standard InChI is InChI=1S/C18H20ClFN2O6/c1-4-26-16(23)10-5-6-27-15(10)22-18(25)21-14-7-11(12(19)8-13(14)20)17(24)28-9(2)3/h7-9H,4-6H2,1-3H3,(H2,21,22,25). The number of ether oxygens (including phenoxy) is 3. The summed E-state index contributed by atoms with van der Waals surface area (Å²) in [6.45, 7) is 5.33. The highest BCUT2D eigenvalue weighted by molar-refractivity contribution is 6.33. The van der Waals surface area contributed by atoms with Gasteiger partial charge >= 0.3 is 18.0 Å². The average Bonchev–Trinajstić information content (AvgIpc) is 3.04. The van der Waals surface area contributed by atoms with Crippen LogP contribution in [0.5, 0.6) is 0 Å². The van der Waals surface area contributed by atoms with Crippen LogP contribution in [-0.2, 0) is 19.0 Å². The lowest BCUT2D eigenvalue weighted by atomic mass is 10.2. The minimum atomic E-state index is -0.872. The van der Waals surface area contributed by atoms with Crippen LogP contribution in [0, 0.1) is 5.82 Å². The molecular weight excluding hydrogens is 395 g/mol. The molecule has 1 aromatic rings. The summed E-state index contributed by atoms with van der Waals surface area (Å²) in [5, 5.41) is 4.42. The van der Waals surface area contributed by atoms with Crippen molar-refractivity contribution in [2.45, 2.75) is 33.3 Å². The van der Waals surface area contributed by atoms with Crippen LogP contribution < -0.4 is 10.6 Å². The summed E-state index contributed by atoms with van der Waals surface area (Å²) in [7, 11) is 0. The van der Waals surface area contributed by atoms with Gasteiger partial charge in [0.2, 0.25) is 5.88 Å². The molecule has 0 aromatic heterocycles. The Morgan fingerprint density at radius 3 is 2.61 bits per heavy atom. The molecule has 1 aliphatic rings. The summed E-state index contributed by atoms with van der Waals surface area (Å²) in [4.78, 5) is 36.1. The Morgan fingerprint density at radius 2 is 1.96 bits per heavy atom. The van der Waals surface area contributed by atoms with E-state index in [1.54, 1.807) is 20.8 Å². The Balaban J connectivity index is 2.16. The summed E-state index contributed by atoms with van der Waals surface area (Å²) in [6, 6.07) is 1.09. The maximum absolute atomic E-state index is 14.1. The van der Waals surface area contributed by atoms with Crippen LogP contribution in [0.2, 0.25) is 5.02 Å². The molecule has 2 amide bonds. The number of benzene rings is 1. The molecule has 0 saturated carbocycles. The molecule has 0 fully saturated rings. The van der Waals surface area contributed by atoms with E-state index in [9.17, 15) is 18.8 Å². The molecule has 0 bridgehead atoms. The van der Waals surface area contributed by atoms with Crippen molar-refractivity contribution in [3.05, 3.63) is 40.0 Å². The SMILES string of the molecule is CCOC(=O)C1=C(NC(=O)Nc2cc(C(=O)OC(C)C)c(Cl)cc2F)OCC1.